The first-order valence-electron chi connectivity index (χ1n) is 5.89. The topological polar surface area (TPSA) is 37.3 Å². The van der Waals surface area contributed by atoms with Gasteiger partial charge < -0.3 is 5.11 Å². The molecule has 0 radical (unpaired) electrons. The lowest BCUT2D eigenvalue weighted by atomic mass is 9.54. The smallest absolute Gasteiger partial charge is 0.143 e. The summed E-state index contributed by atoms with van der Waals surface area (Å²) in [7, 11) is 0. The second kappa shape index (κ2) is 3.44. The van der Waals surface area contributed by atoms with Gasteiger partial charge in [0.15, 0.2) is 0 Å². The third kappa shape index (κ3) is 1.55. The Morgan fingerprint density at radius 1 is 1.40 bits per heavy atom. The van der Waals surface area contributed by atoms with Gasteiger partial charge in [-0.2, -0.15) is 0 Å². The predicted octanol–water partition coefficient (Wildman–Crippen LogP) is 2.46. The molecule has 1 N–H and O–H groups in total. The third-order valence-electron chi connectivity index (χ3n) is 4.35. The van der Waals surface area contributed by atoms with Crippen LogP contribution < -0.4 is 0 Å². The van der Waals surface area contributed by atoms with Crippen LogP contribution in [0.25, 0.3) is 0 Å². The molecule has 2 atom stereocenters. The average Bonchev–Trinajstić information content (AvgIpc) is 2.16. The molecule has 2 nitrogen and oxygen atoms in total. The minimum absolute atomic E-state index is 0.0545. The van der Waals surface area contributed by atoms with E-state index >= 15 is 0 Å². The molecule has 1 unspecified atom stereocenters. The number of aliphatic hydroxyl groups excluding tert-OH is 1. The van der Waals surface area contributed by atoms with Gasteiger partial charge in [-0.15, -0.1) is 0 Å². The second-order valence-electron chi connectivity index (χ2n) is 5.60. The van der Waals surface area contributed by atoms with E-state index in [-0.39, 0.29) is 16.9 Å². The summed E-state index contributed by atoms with van der Waals surface area (Å²) in [5.74, 6) is 0.377. The van der Waals surface area contributed by atoms with E-state index in [1.807, 2.05) is 12.2 Å². The van der Waals surface area contributed by atoms with Crippen molar-refractivity contribution in [1.82, 2.24) is 0 Å². The van der Waals surface area contributed by atoms with Gasteiger partial charge in [-0.3, -0.25) is 4.79 Å². The molecule has 0 heterocycles. The van der Waals surface area contributed by atoms with Gasteiger partial charge in [0, 0.05) is 6.42 Å². The minimum Gasteiger partial charge on any atom is -0.389 e. The molecule has 0 aromatic heterocycles. The number of carbonyl (C=O) groups is 1. The molecule has 2 aliphatic rings. The van der Waals surface area contributed by atoms with E-state index in [1.165, 1.54) is 0 Å². The Morgan fingerprint density at radius 2 is 2.13 bits per heavy atom. The van der Waals surface area contributed by atoms with Crippen LogP contribution in [-0.2, 0) is 4.79 Å². The standard InChI is InChI=1S/C13H20O2/c1-12(2)7-3-4-11(15)13(12)8-5-10(14)6-9-13/h5,8,10,14H,3-4,6-7,9H2,1-2H3/t10?,13-/m1/s1. The minimum atomic E-state index is -0.346. The van der Waals surface area contributed by atoms with Gasteiger partial charge >= 0.3 is 0 Å². The van der Waals surface area contributed by atoms with Gasteiger partial charge in [0.1, 0.15) is 5.78 Å². The summed E-state index contributed by atoms with van der Waals surface area (Å²) >= 11 is 0. The van der Waals surface area contributed by atoms with Gasteiger partial charge in [-0.05, 0) is 31.1 Å². The van der Waals surface area contributed by atoms with E-state index in [2.05, 4.69) is 13.8 Å². The van der Waals surface area contributed by atoms with Crippen LogP contribution in [0.1, 0.15) is 46.0 Å². The fourth-order valence-corrected chi connectivity index (χ4v) is 3.14. The molecule has 2 aliphatic carbocycles. The van der Waals surface area contributed by atoms with E-state index in [4.69, 9.17) is 0 Å². The summed E-state index contributed by atoms with van der Waals surface area (Å²) in [6.07, 6.45) is 7.84. The van der Waals surface area contributed by atoms with Crippen molar-refractivity contribution in [3.63, 3.8) is 0 Å². The molecule has 15 heavy (non-hydrogen) atoms. The Balaban J connectivity index is 2.37. The monoisotopic (exact) mass is 208 g/mol. The van der Waals surface area contributed by atoms with E-state index in [9.17, 15) is 9.90 Å². The highest BCUT2D eigenvalue weighted by Crippen LogP contribution is 2.53. The summed E-state index contributed by atoms with van der Waals surface area (Å²) in [4.78, 5) is 12.2. The van der Waals surface area contributed by atoms with Crippen molar-refractivity contribution in [2.24, 2.45) is 10.8 Å². The zero-order valence-electron chi connectivity index (χ0n) is 9.62. The largest absolute Gasteiger partial charge is 0.389 e. The van der Waals surface area contributed by atoms with Crippen molar-refractivity contribution in [3.8, 4) is 0 Å². The molecular weight excluding hydrogens is 188 g/mol. The number of allylic oxidation sites excluding steroid dienone is 1. The summed E-state index contributed by atoms with van der Waals surface area (Å²) in [6, 6.07) is 0. The fourth-order valence-electron chi connectivity index (χ4n) is 3.14. The summed E-state index contributed by atoms with van der Waals surface area (Å²) in [6.45, 7) is 4.37. The first-order valence-corrected chi connectivity index (χ1v) is 5.89. The molecule has 0 aromatic carbocycles. The van der Waals surface area contributed by atoms with Gasteiger partial charge in [0.05, 0.1) is 11.5 Å². The lowest BCUT2D eigenvalue weighted by molar-refractivity contribution is -0.137. The normalized spacial score (nSPS) is 39.7. The van der Waals surface area contributed by atoms with Gasteiger partial charge in [-0.25, -0.2) is 0 Å². The highest BCUT2D eigenvalue weighted by atomic mass is 16.3. The summed E-state index contributed by atoms with van der Waals surface area (Å²) in [5, 5.41) is 9.48. The van der Waals surface area contributed by atoms with Crippen LogP contribution in [0, 0.1) is 10.8 Å². The SMILES string of the molecule is CC1(C)CCCC(=O)[C@]12C=CC(O)CC2. The molecule has 0 saturated heterocycles. The second-order valence-corrected chi connectivity index (χ2v) is 5.60. The van der Waals surface area contributed by atoms with E-state index in [0.717, 1.165) is 25.7 Å². The Labute approximate surface area is 91.4 Å². The molecule has 0 bridgehead atoms. The van der Waals surface area contributed by atoms with Crippen LogP contribution in [0.15, 0.2) is 12.2 Å². The molecule has 1 fully saturated rings. The maximum Gasteiger partial charge on any atom is 0.143 e. The molecule has 2 heteroatoms. The van der Waals surface area contributed by atoms with Crippen molar-refractivity contribution in [2.75, 3.05) is 0 Å². The first kappa shape index (κ1) is 10.9. The number of hydrogen-bond donors (Lipinski definition) is 1. The number of hydrogen-bond acceptors (Lipinski definition) is 2. The number of aliphatic hydroxyl groups is 1. The van der Waals surface area contributed by atoms with Crippen LogP contribution in [0.5, 0.6) is 0 Å². The van der Waals surface area contributed by atoms with E-state index < -0.39 is 0 Å². The van der Waals surface area contributed by atoms with Crippen molar-refractivity contribution in [3.05, 3.63) is 12.2 Å². The summed E-state index contributed by atoms with van der Waals surface area (Å²) < 4.78 is 0. The number of carbonyl (C=O) groups excluding carboxylic acids is 1. The third-order valence-corrected chi connectivity index (χ3v) is 4.35. The van der Waals surface area contributed by atoms with Gasteiger partial charge in [-0.1, -0.05) is 26.0 Å². The first-order chi connectivity index (χ1) is 6.98. The quantitative estimate of drug-likeness (QED) is 0.621. The van der Waals surface area contributed by atoms with Crippen molar-refractivity contribution in [2.45, 2.75) is 52.1 Å². The van der Waals surface area contributed by atoms with Crippen LogP contribution in [0.2, 0.25) is 0 Å². The molecular formula is C13H20O2. The number of Topliss-reactive ketones (excluding diaryl/α,β-unsaturated/α-hetero) is 1. The molecule has 0 aliphatic heterocycles. The van der Waals surface area contributed by atoms with Crippen LogP contribution in [0.4, 0.5) is 0 Å². The lowest BCUT2D eigenvalue weighted by Gasteiger charge is -2.49. The Morgan fingerprint density at radius 3 is 2.67 bits per heavy atom. The summed E-state index contributed by atoms with van der Waals surface area (Å²) in [5.41, 5.74) is -0.233. The predicted molar refractivity (Wildman–Crippen MR) is 59.5 cm³/mol. The lowest BCUT2D eigenvalue weighted by Crippen LogP contribution is -2.48. The van der Waals surface area contributed by atoms with Crippen LogP contribution >= 0.6 is 0 Å². The van der Waals surface area contributed by atoms with Crippen molar-refractivity contribution >= 4 is 5.78 Å². The zero-order chi connectivity index (χ0) is 11.1. The molecule has 0 aromatic rings. The fraction of sp³-hybridized carbons (Fsp3) is 0.769. The number of ketones is 1. The Kier molecular flexibility index (Phi) is 2.50. The number of rotatable bonds is 0. The van der Waals surface area contributed by atoms with Gasteiger partial charge in [0.25, 0.3) is 0 Å². The van der Waals surface area contributed by atoms with E-state index in [1.54, 1.807) is 0 Å². The highest BCUT2D eigenvalue weighted by Gasteiger charge is 2.51. The average molecular weight is 208 g/mol. The molecule has 1 saturated carbocycles. The molecule has 0 amide bonds. The van der Waals surface area contributed by atoms with Crippen molar-refractivity contribution < 1.29 is 9.90 Å². The van der Waals surface area contributed by atoms with Gasteiger partial charge in [0.2, 0.25) is 0 Å². The van der Waals surface area contributed by atoms with Crippen molar-refractivity contribution in [1.29, 1.82) is 0 Å². The molecule has 2 rings (SSSR count). The highest BCUT2D eigenvalue weighted by molar-refractivity contribution is 5.88. The van der Waals surface area contributed by atoms with E-state index in [0.29, 0.717) is 12.2 Å². The Bertz CT molecular complexity index is 304. The van der Waals surface area contributed by atoms with Crippen LogP contribution in [0.3, 0.4) is 0 Å². The Hall–Kier alpha value is -0.630. The van der Waals surface area contributed by atoms with Crippen LogP contribution in [-0.4, -0.2) is 17.0 Å². The zero-order valence-corrected chi connectivity index (χ0v) is 9.62. The molecule has 1 spiro atoms. The maximum absolute atomic E-state index is 12.2. The molecule has 84 valence electrons. The maximum atomic E-state index is 12.2.